The SMILES string of the molecule is Cc1ccn(-c2cc(Cl)ccc2C(Oc2ncc(C3=CCC(CCC(=O)O)CC3)cc2N)C(F)(F)F)n1. The summed E-state index contributed by atoms with van der Waals surface area (Å²) in [6, 6.07) is 7.23. The van der Waals surface area contributed by atoms with Crippen molar-refractivity contribution in [3.05, 3.63) is 70.6 Å². The predicted molar refractivity (Wildman–Crippen MR) is 134 cm³/mol. The first-order chi connectivity index (χ1) is 17.5. The predicted octanol–water partition coefficient (Wildman–Crippen LogP) is 6.54. The lowest BCUT2D eigenvalue weighted by Crippen LogP contribution is -2.28. The summed E-state index contributed by atoms with van der Waals surface area (Å²) in [5.41, 5.74) is 8.31. The van der Waals surface area contributed by atoms with Gasteiger partial charge in [-0.25, -0.2) is 9.67 Å². The van der Waals surface area contributed by atoms with Gasteiger partial charge in [0.05, 0.1) is 17.1 Å². The van der Waals surface area contributed by atoms with Gasteiger partial charge in [0.25, 0.3) is 0 Å². The van der Waals surface area contributed by atoms with E-state index in [4.69, 9.17) is 27.2 Å². The molecule has 2 atom stereocenters. The molecular formula is C26H26ClF3N4O3. The maximum absolute atomic E-state index is 14.2. The van der Waals surface area contributed by atoms with Crippen LogP contribution in [0.15, 0.2) is 48.8 Å². The van der Waals surface area contributed by atoms with Crippen LogP contribution in [0.1, 0.15) is 55.0 Å². The number of nitrogens with zero attached hydrogens (tertiary/aromatic N) is 3. The summed E-state index contributed by atoms with van der Waals surface area (Å²) in [5, 5.41) is 13.3. The van der Waals surface area contributed by atoms with Crippen LogP contribution in [0, 0.1) is 12.8 Å². The first-order valence-corrected chi connectivity index (χ1v) is 12.1. The lowest BCUT2D eigenvalue weighted by molar-refractivity contribution is -0.198. The van der Waals surface area contributed by atoms with Crippen LogP contribution in [0.25, 0.3) is 11.3 Å². The first kappa shape index (κ1) is 26.5. The normalized spacial score (nSPS) is 16.8. The Bertz CT molecular complexity index is 1320. The highest BCUT2D eigenvalue weighted by atomic mass is 35.5. The summed E-state index contributed by atoms with van der Waals surface area (Å²) < 4.78 is 49.4. The third kappa shape index (κ3) is 6.43. The van der Waals surface area contributed by atoms with Gasteiger partial charge in [-0.15, -0.1) is 0 Å². The number of alkyl halides is 3. The van der Waals surface area contributed by atoms with E-state index in [1.54, 1.807) is 25.3 Å². The number of aryl methyl sites for hydroxylation is 1. The quantitative estimate of drug-likeness (QED) is 0.340. The molecule has 196 valence electrons. The van der Waals surface area contributed by atoms with Crippen LogP contribution < -0.4 is 10.5 Å². The van der Waals surface area contributed by atoms with Crippen molar-refractivity contribution in [2.45, 2.75) is 51.3 Å². The van der Waals surface area contributed by atoms with E-state index in [1.165, 1.54) is 29.1 Å². The van der Waals surface area contributed by atoms with E-state index in [2.05, 4.69) is 10.1 Å². The highest BCUT2D eigenvalue weighted by Gasteiger charge is 2.45. The molecule has 0 fully saturated rings. The van der Waals surface area contributed by atoms with Gasteiger partial charge in [-0.3, -0.25) is 4.79 Å². The molecule has 7 nitrogen and oxygen atoms in total. The molecule has 37 heavy (non-hydrogen) atoms. The maximum atomic E-state index is 14.2. The lowest BCUT2D eigenvalue weighted by atomic mass is 9.84. The average molecular weight is 535 g/mol. The molecule has 4 rings (SSSR count). The van der Waals surface area contributed by atoms with Crippen molar-refractivity contribution in [3.63, 3.8) is 0 Å². The molecule has 2 heterocycles. The van der Waals surface area contributed by atoms with Gasteiger partial charge in [-0.1, -0.05) is 23.7 Å². The van der Waals surface area contributed by atoms with Gasteiger partial charge in [0.15, 0.2) is 0 Å². The molecule has 0 aliphatic heterocycles. The molecule has 0 saturated heterocycles. The fourth-order valence-corrected chi connectivity index (χ4v) is 4.55. The fourth-order valence-electron chi connectivity index (χ4n) is 4.39. The van der Waals surface area contributed by atoms with Crippen LogP contribution >= 0.6 is 11.6 Å². The first-order valence-electron chi connectivity index (χ1n) is 11.7. The van der Waals surface area contributed by atoms with Gasteiger partial charge in [0, 0.05) is 29.4 Å². The van der Waals surface area contributed by atoms with Crippen molar-refractivity contribution in [1.82, 2.24) is 14.8 Å². The Morgan fingerprint density at radius 2 is 2.11 bits per heavy atom. The van der Waals surface area contributed by atoms with Gasteiger partial charge in [-0.05, 0) is 73.9 Å². The fraction of sp³-hybridized carbons (Fsp3) is 0.346. The lowest BCUT2D eigenvalue weighted by Gasteiger charge is -2.25. The highest BCUT2D eigenvalue weighted by molar-refractivity contribution is 6.30. The zero-order valence-electron chi connectivity index (χ0n) is 20.0. The van der Waals surface area contributed by atoms with E-state index in [-0.39, 0.29) is 40.2 Å². The van der Waals surface area contributed by atoms with Crippen molar-refractivity contribution in [3.8, 4) is 11.6 Å². The maximum Gasteiger partial charge on any atom is 0.429 e. The third-order valence-electron chi connectivity index (χ3n) is 6.31. The smallest absolute Gasteiger partial charge is 0.429 e. The molecule has 1 aromatic carbocycles. The van der Waals surface area contributed by atoms with Crippen LogP contribution in [0.3, 0.4) is 0 Å². The second kappa shape index (κ2) is 10.8. The van der Waals surface area contributed by atoms with Gasteiger partial charge in [0.1, 0.15) is 0 Å². The minimum atomic E-state index is -4.78. The minimum Gasteiger partial charge on any atom is -0.481 e. The number of nitrogens with two attached hydrogens (primary N) is 1. The van der Waals surface area contributed by atoms with Gasteiger partial charge >= 0.3 is 12.1 Å². The number of rotatable bonds is 8. The standard InChI is InChI=1S/C26H26ClF3N4O3/c1-15-10-11-34(33-15)22-13-19(27)7-8-20(22)24(26(28,29)30)37-25-21(31)12-18(14-32-25)17-5-2-16(3-6-17)4-9-23(35)36/h5,7-8,10-14,16,24H,2-4,6,9,31H2,1H3,(H,35,36). The summed E-state index contributed by atoms with van der Waals surface area (Å²) in [4.78, 5) is 14.9. The summed E-state index contributed by atoms with van der Waals surface area (Å²) in [7, 11) is 0. The van der Waals surface area contributed by atoms with E-state index in [0.29, 0.717) is 24.1 Å². The molecule has 0 saturated carbocycles. The van der Waals surface area contributed by atoms with Gasteiger partial charge < -0.3 is 15.6 Å². The topological polar surface area (TPSA) is 103 Å². The van der Waals surface area contributed by atoms with Gasteiger partial charge in [-0.2, -0.15) is 18.3 Å². The van der Waals surface area contributed by atoms with Crippen molar-refractivity contribution < 1.29 is 27.8 Å². The molecule has 0 radical (unpaired) electrons. The molecule has 3 N–H and O–H groups in total. The number of pyridine rings is 1. The number of carboxylic acid groups (broad SMARTS) is 1. The Labute approximate surface area is 216 Å². The van der Waals surface area contributed by atoms with E-state index < -0.39 is 18.2 Å². The largest absolute Gasteiger partial charge is 0.481 e. The minimum absolute atomic E-state index is 0.0221. The molecule has 0 amide bonds. The monoisotopic (exact) mass is 534 g/mol. The zero-order chi connectivity index (χ0) is 26.7. The van der Waals surface area contributed by atoms with Crippen LogP contribution in [-0.2, 0) is 4.79 Å². The molecule has 0 bridgehead atoms. The molecular weight excluding hydrogens is 509 g/mol. The van der Waals surface area contributed by atoms with E-state index in [9.17, 15) is 18.0 Å². The van der Waals surface area contributed by atoms with E-state index in [1.807, 2.05) is 6.08 Å². The molecule has 0 spiro atoms. The molecule has 1 aliphatic carbocycles. The molecule has 3 aromatic rings. The second-order valence-electron chi connectivity index (χ2n) is 9.06. The number of carboxylic acids is 1. The number of nitrogen functional groups attached to an aromatic ring is 1. The van der Waals surface area contributed by atoms with E-state index >= 15 is 0 Å². The zero-order valence-corrected chi connectivity index (χ0v) is 20.8. The Balaban J connectivity index is 1.59. The summed E-state index contributed by atoms with van der Waals surface area (Å²) >= 11 is 6.08. The van der Waals surface area contributed by atoms with Crippen molar-refractivity contribution in [1.29, 1.82) is 0 Å². The summed E-state index contributed by atoms with van der Waals surface area (Å²) in [6.45, 7) is 1.72. The third-order valence-corrected chi connectivity index (χ3v) is 6.54. The summed E-state index contributed by atoms with van der Waals surface area (Å²) in [5.74, 6) is -0.864. The molecule has 2 unspecified atom stereocenters. The Morgan fingerprint density at radius 3 is 2.70 bits per heavy atom. The number of aromatic nitrogens is 3. The number of anilines is 1. The Hall–Kier alpha value is -3.53. The number of ether oxygens (including phenoxy) is 1. The highest BCUT2D eigenvalue weighted by Crippen LogP contribution is 2.41. The van der Waals surface area contributed by atoms with Crippen molar-refractivity contribution >= 4 is 28.8 Å². The van der Waals surface area contributed by atoms with Crippen molar-refractivity contribution in [2.75, 3.05) is 5.73 Å². The number of aliphatic carboxylic acids is 1. The van der Waals surface area contributed by atoms with Gasteiger partial charge in [0.2, 0.25) is 12.0 Å². The van der Waals surface area contributed by atoms with Crippen molar-refractivity contribution in [2.24, 2.45) is 5.92 Å². The number of allylic oxidation sites excluding steroid dienone is 2. The summed E-state index contributed by atoms with van der Waals surface area (Å²) in [6.07, 6.45) is 0.836. The average Bonchev–Trinajstić information content (AvgIpc) is 3.28. The molecule has 11 heteroatoms. The van der Waals surface area contributed by atoms with Crippen LogP contribution in [0.2, 0.25) is 5.02 Å². The van der Waals surface area contributed by atoms with Crippen LogP contribution in [0.5, 0.6) is 5.88 Å². The molecule has 1 aliphatic rings. The van der Waals surface area contributed by atoms with E-state index in [0.717, 1.165) is 18.4 Å². The number of hydrogen-bond donors (Lipinski definition) is 2. The number of hydrogen-bond acceptors (Lipinski definition) is 5. The number of benzene rings is 1. The number of carbonyl (C=O) groups is 1. The molecule has 2 aromatic heterocycles. The second-order valence-corrected chi connectivity index (χ2v) is 9.50. The van der Waals surface area contributed by atoms with Crippen LogP contribution in [-0.4, -0.2) is 32.0 Å². The Morgan fingerprint density at radius 1 is 1.32 bits per heavy atom. The Kier molecular flexibility index (Phi) is 7.77. The number of halogens is 4. The van der Waals surface area contributed by atoms with Crippen LogP contribution in [0.4, 0.5) is 18.9 Å².